The summed E-state index contributed by atoms with van der Waals surface area (Å²) in [6, 6.07) is 1.62. The van der Waals surface area contributed by atoms with Gasteiger partial charge in [0.25, 0.3) is 10.0 Å². The molecular weight excluding hydrogens is 302 g/mol. The van der Waals surface area contributed by atoms with Crippen LogP contribution in [0.2, 0.25) is 0 Å². The van der Waals surface area contributed by atoms with Crippen molar-refractivity contribution < 1.29 is 23.1 Å². The highest BCUT2D eigenvalue weighted by Crippen LogP contribution is 2.34. The van der Waals surface area contributed by atoms with Crippen molar-refractivity contribution in [3.63, 3.8) is 0 Å². The molecule has 0 aliphatic carbocycles. The summed E-state index contributed by atoms with van der Waals surface area (Å²) in [6.07, 6.45) is 0. The van der Waals surface area contributed by atoms with Gasteiger partial charge in [-0.05, 0) is 32.4 Å². The molecule has 1 aliphatic rings. The third kappa shape index (κ3) is 2.37. The van der Waals surface area contributed by atoms with Gasteiger partial charge in [0.2, 0.25) is 0 Å². The molecule has 1 aromatic heterocycles. The van der Waals surface area contributed by atoms with Crippen LogP contribution in [0.3, 0.4) is 0 Å². The highest BCUT2D eigenvalue weighted by Gasteiger charge is 2.55. The third-order valence-corrected chi connectivity index (χ3v) is 6.80. The summed E-state index contributed by atoms with van der Waals surface area (Å²) in [5.41, 5.74) is -0.480. The number of aliphatic carboxylic acids is 1. The smallest absolute Gasteiger partial charge is 0.338 e. The Hall–Kier alpha value is -0.960. The fraction of sp³-hybridized carbons (Fsp3) is 0.583. The zero-order valence-corrected chi connectivity index (χ0v) is 13.2. The van der Waals surface area contributed by atoms with Crippen molar-refractivity contribution in [1.29, 1.82) is 0 Å². The molecule has 1 fully saturated rings. The van der Waals surface area contributed by atoms with Crippen molar-refractivity contribution in [2.45, 2.75) is 30.6 Å². The molecule has 0 saturated carbocycles. The summed E-state index contributed by atoms with van der Waals surface area (Å²) in [4.78, 5) is 12.2. The molecule has 0 aromatic carbocycles. The Kier molecular flexibility index (Phi) is 3.94. The van der Waals surface area contributed by atoms with E-state index in [1.165, 1.54) is 11.3 Å². The zero-order valence-electron chi connectivity index (χ0n) is 11.5. The number of thiophene rings is 1. The van der Waals surface area contributed by atoms with Gasteiger partial charge in [0.15, 0.2) is 5.60 Å². The molecule has 6 nitrogen and oxygen atoms in total. The van der Waals surface area contributed by atoms with E-state index in [-0.39, 0.29) is 23.9 Å². The number of hydrogen-bond acceptors (Lipinski definition) is 5. The van der Waals surface area contributed by atoms with E-state index in [0.717, 1.165) is 14.7 Å². The van der Waals surface area contributed by atoms with Crippen molar-refractivity contribution in [1.82, 2.24) is 4.31 Å². The number of ether oxygens (including phenoxy) is 1. The number of carboxylic acids is 1. The lowest BCUT2D eigenvalue weighted by molar-refractivity contribution is -0.181. The molecule has 1 saturated heterocycles. The van der Waals surface area contributed by atoms with Gasteiger partial charge in [-0.25, -0.2) is 13.2 Å². The Morgan fingerprint density at radius 1 is 1.50 bits per heavy atom. The fourth-order valence-electron chi connectivity index (χ4n) is 2.05. The Morgan fingerprint density at radius 3 is 2.50 bits per heavy atom. The predicted molar refractivity (Wildman–Crippen MR) is 74.5 cm³/mol. The maximum atomic E-state index is 12.4. The van der Waals surface area contributed by atoms with Crippen LogP contribution in [0.25, 0.3) is 0 Å². The molecule has 20 heavy (non-hydrogen) atoms. The van der Waals surface area contributed by atoms with E-state index in [2.05, 4.69) is 0 Å². The van der Waals surface area contributed by atoms with E-state index in [4.69, 9.17) is 4.74 Å². The maximum Gasteiger partial charge on any atom is 0.338 e. The lowest BCUT2D eigenvalue weighted by Crippen LogP contribution is -2.68. The SMILES string of the molecule is CCOC1(C(=O)O)CN(S(=O)(=O)c2cc(C)c(C)s2)C1. The van der Waals surface area contributed by atoms with Crippen LogP contribution in [0.4, 0.5) is 0 Å². The van der Waals surface area contributed by atoms with Crippen LogP contribution in [0.1, 0.15) is 17.4 Å². The van der Waals surface area contributed by atoms with Crippen molar-refractivity contribution in [2.75, 3.05) is 19.7 Å². The van der Waals surface area contributed by atoms with Gasteiger partial charge in [0, 0.05) is 11.5 Å². The minimum Gasteiger partial charge on any atom is -0.479 e. The van der Waals surface area contributed by atoms with Crippen LogP contribution in [-0.2, 0) is 19.6 Å². The summed E-state index contributed by atoms with van der Waals surface area (Å²) < 4.78 is 31.4. The Bertz CT molecular complexity index is 609. The summed E-state index contributed by atoms with van der Waals surface area (Å²) in [5, 5.41) is 9.17. The molecule has 0 radical (unpaired) electrons. The summed E-state index contributed by atoms with van der Waals surface area (Å²) in [5.74, 6) is -1.12. The molecule has 0 unspecified atom stereocenters. The van der Waals surface area contributed by atoms with Crippen molar-refractivity contribution in [2.24, 2.45) is 0 Å². The van der Waals surface area contributed by atoms with Crippen LogP contribution in [0, 0.1) is 13.8 Å². The van der Waals surface area contributed by atoms with Gasteiger partial charge in [0.05, 0.1) is 13.1 Å². The first-order valence-electron chi connectivity index (χ1n) is 6.17. The molecule has 0 amide bonds. The van der Waals surface area contributed by atoms with Crippen molar-refractivity contribution in [3.8, 4) is 0 Å². The van der Waals surface area contributed by atoms with Gasteiger partial charge >= 0.3 is 5.97 Å². The number of nitrogens with zero attached hydrogens (tertiary/aromatic N) is 1. The van der Waals surface area contributed by atoms with E-state index in [1.807, 2.05) is 13.8 Å². The normalized spacial score (nSPS) is 18.8. The van der Waals surface area contributed by atoms with Gasteiger partial charge in [-0.15, -0.1) is 11.3 Å². The third-order valence-electron chi connectivity index (χ3n) is 3.41. The second-order valence-corrected chi connectivity index (χ2v) is 8.23. The average Bonchev–Trinajstić information content (AvgIpc) is 2.63. The molecule has 1 N–H and O–H groups in total. The fourth-order valence-corrected chi connectivity index (χ4v) is 5.26. The predicted octanol–water partition coefficient (Wildman–Crippen LogP) is 1.23. The zero-order chi connectivity index (χ0) is 15.1. The van der Waals surface area contributed by atoms with Gasteiger partial charge in [-0.3, -0.25) is 0 Å². The van der Waals surface area contributed by atoms with Crippen LogP contribution in [0.15, 0.2) is 10.3 Å². The molecule has 1 aromatic rings. The first kappa shape index (κ1) is 15.4. The number of rotatable bonds is 5. The van der Waals surface area contributed by atoms with E-state index in [0.29, 0.717) is 0 Å². The standard InChI is InChI=1S/C12H17NO5S2/c1-4-18-12(11(14)15)6-13(7-12)20(16,17)10-5-8(2)9(3)19-10/h5H,4,6-7H2,1-3H3,(H,14,15). The first-order valence-corrected chi connectivity index (χ1v) is 8.43. The molecule has 0 atom stereocenters. The molecule has 1 aliphatic heterocycles. The monoisotopic (exact) mass is 319 g/mol. The second kappa shape index (κ2) is 5.10. The largest absolute Gasteiger partial charge is 0.479 e. The first-order chi connectivity index (χ1) is 9.23. The molecule has 2 heterocycles. The number of hydrogen-bond donors (Lipinski definition) is 1. The Labute approximate surface area is 122 Å². The van der Waals surface area contributed by atoms with E-state index in [9.17, 15) is 18.3 Å². The van der Waals surface area contributed by atoms with Crippen LogP contribution in [-0.4, -0.2) is 49.1 Å². The lowest BCUT2D eigenvalue weighted by Gasteiger charge is -2.44. The topological polar surface area (TPSA) is 83.9 Å². The average molecular weight is 319 g/mol. The lowest BCUT2D eigenvalue weighted by atomic mass is 9.97. The van der Waals surface area contributed by atoms with E-state index in [1.54, 1.807) is 13.0 Å². The maximum absolute atomic E-state index is 12.4. The Morgan fingerprint density at radius 2 is 2.10 bits per heavy atom. The minimum absolute atomic E-state index is 0.144. The highest BCUT2D eigenvalue weighted by atomic mass is 32.2. The van der Waals surface area contributed by atoms with Gasteiger partial charge in [-0.1, -0.05) is 0 Å². The van der Waals surface area contributed by atoms with Gasteiger partial charge in [0.1, 0.15) is 4.21 Å². The summed E-state index contributed by atoms with van der Waals surface area (Å²) in [7, 11) is -3.62. The number of aryl methyl sites for hydroxylation is 2. The van der Waals surface area contributed by atoms with Gasteiger partial charge in [-0.2, -0.15) is 4.31 Å². The molecule has 0 spiro atoms. The second-order valence-electron chi connectivity index (χ2n) is 4.81. The molecule has 2 rings (SSSR count). The van der Waals surface area contributed by atoms with Crippen molar-refractivity contribution >= 4 is 27.3 Å². The quantitative estimate of drug-likeness (QED) is 0.882. The molecule has 0 bridgehead atoms. The molecule has 112 valence electrons. The molecular formula is C12H17NO5S2. The van der Waals surface area contributed by atoms with Crippen LogP contribution < -0.4 is 0 Å². The number of sulfonamides is 1. The highest BCUT2D eigenvalue weighted by molar-refractivity contribution is 7.91. The minimum atomic E-state index is -3.62. The van der Waals surface area contributed by atoms with E-state index >= 15 is 0 Å². The van der Waals surface area contributed by atoms with E-state index < -0.39 is 21.6 Å². The van der Waals surface area contributed by atoms with Crippen LogP contribution in [0.5, 0.6) is 0 Å². The Balaban J connectivity index is 2.21. The van der Waals surface area contributed by atoms with Gasteiger partial charge < -0.3 is 9.84 Å². The number of carboxylic acid groups (broad SMARTS) is 1. The summed E-state index contributed by atoms with van der Waals surface area (Å²) in [6.45, 7) is 5.34. The summed E-state index contributed by atoms with van der Waals surface area (Å²) >= 11 is 1.20. The van der Waals surface area contributed by atoms with Crippen LogP contribution >= 0.6 is 11.3 Å². The van der Waals surface area contributed by atoms with Crippen molar-refractivity contribution in [3.05, 3.63) is 16.5 Å². The number of carbonyl (C=O) groups is 1. The molecule has 8 heteroatoms.